The van der Waals surface area contributed by atoms with E-state index in [-0.39, 0.29) is 11.9 Å². The molecule has 1 aliphatic rings. The zero-order valence-corrected chi connectivity index (χ0v) is 12.9. The number of ether oxygens (including phenoxy) is 1. The Morgan fingerprint density at radius 2 is 1.95 bits per heavy atom. The molecule has 0 N–H and O–H groups in total. The van der Waals surface area contributed by atoms with Crippen LogP contribution in [0, 0.1) is 17.3 Å². The van der Waals surface area contributed by atoms with Crippen LogP contribution in [0.2, 0.25) is 0 Å². The number of carbonyl (C=O) groups is 2. The van der Waals surface area contributed by atoms with Gasteiger partial charge in [-0.2, -0.15) is 0 Å². The standard InChI is InChI=1S/C15H27NO3/c1-6-11-8-9-16(10-11)13(17)12(15(3,4)5)14(18)19-7-2/h11-12H,6-10H2,1-5H3. The molecule has 4 nitrogen and oxygen atoms in total. The monoisotopic (exact) mass is 269 g/mol. The SMILES string of the molecule is CCOC(=O)C(C(=O)N1CCC(CC)C1)C(C)(C)C. The van der Waals surface area contributed by atoms with Crippen LogP contribution in [0.3, 0.4) is 0 Å². The van der Waals surface area contributed by atoms with Crippen LogP contribution in [0.25, 0.3) is 0 Å². The van der Waals surface area contributed by atoms with Crippen molar-refractivity contribution in [2.24, 2.45) is 17.3 Å². The van der Waals surface area contributed by atoms with E-state index in [1.807, 2.05) is 25.7 Å². The minimum absolute atomic E-state index is 0.0677. The van der Waals surface area contributed by atoms with Gasteiger partial charge < -0.3 is 9.64 Å². The van der Waals surface area contributed by atoms with Crippen molar-refractivity contribution >= 4 is 11.9 Å². The molecule has 2 atom stereocenters. The Labute approximate surface area is 116 Å². The summed E-state index contributed by atoms with van der Waals surface area (Å²) >= 11 is 0. The van der Waals surface area contributed by atoms with E-state index in [1.54, 1.807) is 6.92 Å². The van der Waals surface area contributed by atoms with Crippen molar-refractivity contribution in [3.05, 3.63) is 0 Å². The summed E-state index contributed by atoms with van der Waals surface area (Å²) in [5.74, 6) is -0.573. The van der Waals surface area contributed by atoms with E-state index < -0.39 is 11.3 Å². The fourth-order valence-corrected chi connectivity index (χ4v) is 2.60. The predicted octanol–water partition coefficient (Wildman–Crippen LogP) is 2.47. The Kier molecular flexibility index (Phi) is 5.39. The number of amides is 1. The third-order valence-electron chi connectivity index (χ3n) is 3.81. The molecule has 0 saturated carbocycles. The zero-order chi connectivity index (χ0) is 14.6. The minimum Gasteiger partial charge on any atom is -0.465 e. The van der Waals surface area contributed by atoms with Gasteiger partial charge in [0.25, 0.3) is 0 Å². The van der Waals surface area contributed by atoms with Gasteiger partial charge >= 0.3 is 5.97 Å². The van der Waals surface area contributed by atoms with Gasteiger partial charge in [0, 0.05) is 13.1 Å². The molecule has 1 fully saturated rings. The molecule has 0 aromatic carbocycles. The summed E-state index contributed by atoms with van der Waals surface area (Å²) in [6, 6.07) is 0. The molecule has 4 heteroatoms. The van der Waals surface area contributed by atoms with Gasteiger partial charge in [-0.05, 0) is 24.7 Å². The van der Waals surface area contributed by atoms with Crippen LogP contribution >= 0.6 is 0 Å². The fourth-order valence-electron chi connectivity index (χ4n) is 2.60. The van der Waals surface area contributed by atoms with Crippen LogP contribution in [-0.2, 0) is 14.3 Å². The summed E-state index contributed by atoms with van der Waals surface area (Å²) in [4.78, 5) is 26.5. The van der Waals surface area contributed by atoms with Crippen molar-refractivity contribution in [1.29, 1.82) is 0 Å². The summed E-state index contributed by atoms with van der Waals surface area (Å²) in [5, 5.41) is 0. The Morgan fingerprint density at radius 1 is 1.32 bits per heavy atom. The minimum atomic E-state index is -0.692. The molecule has 2 unspecified atom stereocenters. The van der Waals surface area contributed by atoms with Gasteiger partial charge in [0.1, 0.15) is 5.92 Å². The quantitative estimate of drug-likeness (QED) is 0.582. The molecular formula is C15H27NO3. The highest BCUT2D eigenvalue weighted by molar-refractivity contribution is 5.98. The molecule has 0 bridgehead atoms. The van der Waals surface area contributed by atoms with Crippen molar-refractivity contribution in [3.63, 3.8) is 0 Å². The lowest BCUT2D eigenvalue weighted by Gasteiger charge is -2.31. The average Bonchev–Trinajstić information content (AvgIpc) is 2.75. The largest absolute Gasteiger partial charge is 0.465 e. The van der Waals surface area contributed by atoms with Crippen molar-refractivity contribution in [2.75, 3.05) is 19.7 Å². The van der Waals surface area contributed by atoms with E-state index >= 15 is 0 Å². The second kappa shape index (κ2) is 6.40. The highest BCUT2D eigenvalue weighted by Crippen LogP contribution is 2.31. The van der Waals surface area contributed by atoms with E-state index in [0.717, 1.165) is 25.9 Å². The first-order valence-corrected chi connectivity index (χ1v) is 7.26. The van der Waals surface area contributed by atoms with Crippen molar-refractivity contribution < 1.29 is 14.3 Å². The van der Waals surface area contributed by atoms with Crippen molar-refractivity contribution in [2.45, 2.75) is 47.5 Å². The second-order valence-corrected chi connectivity index (χ2v) is 6.40. The zero-order valence-electron chi connectivity index (χ0n) is 12.9. The number of carbonyl (C=O) groups excluding carboxylic acids is 2. The second-order valence-electron chi connectivity index (χ2n) is 6.40. The first-order valence-electron chi connectivity index (χ1n) is 7.26. The van der Waals surface area contributed by atoms with E-state index in [9.17, 15) is 9.59 Å². The van der Waals surface area contributed by atoms with Crippen LogP contribution in [0.1, 0.15) is 47.5 Å². The summed E-state index contributed by atoms with van der Waals surface area (Å²) in [6.07, 6.45) is 2.13. The molecule has 0 aliphatic carbocycles. The Bertz CT molecular complexity index is 333. The first-order chi connectivity index (χ1) is 8.81. The van der Waals surface area contributed by atoms with Crippen LogP contribution in [0.5, 0.6) is 0 Å². The van der Waals surface area contributed by atoms with Crippen molar-refractivity contribution in [3.8, 4) is 0 Å². The van der Waals surface area contributed by atoms with Gasteiger partial charge in [0.05, 0.1) is 6.61 Å². The number of rotatable bonds is 4. The van der Waals surface area contributed by atoms with Gasteiger partial charge in [-0.3, -0.25) is 9.59 Å². The topological polar surface area (TPSA) is 46.6 Å². The molecule has 0 aromatic rings. The summed E-state index contributed by atoms with van der Waals surface area (Å²) in [6.45, 7) is 11.5. The average molecular weight is 269 g/mol. The fraction of sp³-hybridized carbons (Fsp3) is 0.867. The number of likely N-dealkylation sites (tertiary alicyclic amines) is 1. The van der Waals surface area contributed by atoms with E-state index in [1.165, 1.54) is 0 Å². The summed E-state index contributed by atoms with van der Waals surface area (Å²) in [7, 11) is 0. The third-order valence-corrected chi connectivity index (χ3v) is 3.81. The van der Waals surface area contributed by atoms with Crippen molar-refractivity contribution in [1.82, 2.24) is 4.90 Å². The van der Waals surface area contributed by atoms with Gasteiger partial charge in [0.15, 0.2) is 0 Å². The van der Waals surface area contributed by atoms with Crippen LogP contribution < -0.4 is 0 Å². The maximum absolute atomic E-state index is 12.6. The summed E-state index contributed by atoms with van der Waals surface area (Å²) < 4.78 is 5.08. The van der Waals surface area contributed by atoms with E-state index in [4.69, 9.17) is 4.74 Å². The third kappa shape index (κ3) is 3.95. The molecule has 1 aliphatic heterocycles. The molecule has 0 radical (unpaired) electrons. The number of nitrogens with zero attached hydrogens (tertiary/aromatic N) is 1. The molecule has 1 amide bonds. The predicted molar refractivity (Wildman–Crippen MR) is 74.6 cm³/mol. The highest BCUT2D eigenvalue weighted by Gasteiger charge is 2.42. The number of hydrogen-bond acceptors (Lipinski definition) is 3. The molecule has 1 rings (SSSR count). The lowest BCUT2D eigenvalue weighted by atomic mass is 9.79. The Morgan fingerprint density at radius 3 is 2.37 bits per heavy atom. The maximum atomic E-state index is 12.6. The van der Waals surface area contributed by atoms with Gasteiger partial charge in [-0.25, -0.2) is 0 Å². The normalized spacial score (nSPS) is 21.3. The molecule has 0 spiro atoms. The molecule has 19 heavy (non-hydrogen) atoms. The van der Waals surface area contributed by atoms with Crippen LogP contribution in [0.4, 0.5) is 0 Å². The number of hydrogen-bond donors (Lipinski definition) is 0. The smallest absolute Gasteiger partial charge is 0.319 e. The van der Waals surface area contributed by atoms with E-state index in [0.29, 0.717) is 12.5 Å². The number of esters is 1. The van der Waals surface area contributed by atoms with Gasteiger partial charge in [0.2, 0.25) is 5.91 Å². The molecular weight excluding hydrogens is 242 g/mol. The molecule has 1 saturated heterocycles. The van der Waals surface area contributed by atoms with Crippen LogP contribution in [-0.4, -0.2) is 36.5 Å². The lowest BCUT2D eigenvalue weighted by molar-refractivity contribution is -0.160. The van der Waals surface area contributed by atoms with Gasteiger partial charge in [-0.1, -0.05) is 34.1 Å². The summed E-state index contributed by atoms with van der Waals surface area (Å²) in [5.41, 5.74) is -0.409. The molecule has 0 aromatic heterocycles. The first kappa shape index (κ1) is 16.0. The highest BCUT2D eigenvalue weighted by atomic mass is 16.5. The van der Waals surface area contributed by atoms with E-state index in [2.05, 4.69) is 6.92 Å². The maximum Gasteiger partial charge on any atom is 0.319 e. The Hall–Kier alpha value is -1.06. The van der Waals surface area contributed by atoms with Crippen LogP contribution in [0.15, 0.2) is 0 Å². The lowest BCUT2D eigenvalue weighted by Crippen LogP contribution is -2.45. The molecule has 110 valence electrons. The van der Waals surface area contributed by atoms with Gasteiger partial charge in [-0.15, -0.1) is 0 Å². The molecule has 1 heterocycles. The Balaban J connectivity index is 2.81.